The van der Waals surface area contributed by atoms with E-state index in [2.05, 4.69) is 5.32 Å². The van der Waals surface area contributed by atoms with Gasteiger partial charge in [-0.05, 0) is 48.9 Å². The molecule has 1 fully saturated rings. The van der Waals surface area contributed by atoms with E-state index >= 15 is 0 Å². The average Bonchev–Trinajstić information content (AvgIpc) is 3.09. The minimum atomic E-state index is -0.0421. The lowest BCUT2D eigenvalue weighted by Gasteiger charge is -2.17. The first-order chi connectivity index (χ1) is 13.6. The summed E-state index contributed by atoms with van der Waals surface area (Å²) in [6.45, 7) is 3.65. The molecule has 1 aliphatic rings. The summed E-state index contributed by atoms with van der Waals surface area (Å²) in [4.78, 5) is 26.3. The molecule has 2 aromatic rings. The van der Waals surface area contributed by atoms with E-state index in [1.54, 1.807) is 12.0 Å². The van der Waals surface area contributed by atoms with Gasteiger partial charge in [0.05, 0.1) is 20.1 Å². The summed E-state index contributed by atoms with van der Waals surface area (Å²) in [7, 11) is 1.61. The van der Waals surface area contributed by atoms with E-state index in [0.717, 1.165) is 22.7 Å². The Kier molecular flexibility index (Phi) is 6.53. The smallest absolute Gasteiger partial charge is 0.227 e. The lowest BCUT2D eigenvalue weighted by atomic mass is 10.1. The average molecular weight is 382 g/mol. The molecule has 1 atom stereocenters. The van der Waals surface area contributed by atoms with Crippen molar-refractivity contribution in [1.82, 2.24) is 5.32 Å². The Labute approximate surface area is 165 Å². The molecule has 2 aromatic carbocycles. The molecule has 0 aliphatic carbocycles. The summed E-state index contributed by atoms with van der Waals surface area (Å²) in [5.74, 6) is 1.71. The molecule has 6 heteroatoms. The fraction of sp³-hybridized carbons (Fsp3) is 0.364. The van der Waals surface area contributed by atoms with Crippen molar-refractivity contribution in [3.05, 3.63) is 54.1 Å². The fourth-order valence-corrected chi connectivity index (χ4v) is 3.31. The third-order valence-electron chi connectivity index (χ3n) is 4.78. The van der Waals surface area contributed by atoms with E-state index in [1.165, 1.54) is 0 Å². The van der Waals surface area contributed by atoms with Crippen molar-refractivity contribution >= 4 is 17.5 Å². The second kappa shape index (κ2) is 9.26. The zero-order valence-electron chi connectivity index (χ0n) is 16.3. The van der Waals surface area contributed by atoms with Crippen LogP contribution in [0.4, 0.5) is 5.69 Å². The van der Waals surface area contributed by atoms with Gasteiger partial charge in [0.2, 0.25) is 11.8 Å². The predicted octanol–water partition coefficient (Wildman–Crippen LogP) is 2.81. The monoisotopic (exact) mass is 382 g/mol. The maximum absolute atomic E-state index is 12.3. The van der Waals surface area contributed by atoms with Gasteiger partial charge in [0.15, 0.2) is 0 Å². The maximum atomic E-state index is 12.3. The topological polar surface area (TPSA) is 67.9 Å². The number of hydrogen-bond acceptors (Lipinski definition) is 4. The normalized spacial score (nSPS) is 16.1. The minimum Gasteiger partial charge on any atom is -0.497 e. The molecule has 1 heterocycles. The Morgan fingerprint density at radius 1 is 1.11 bits per heavy atom. The van der Waals surface area contributed by atoms with Crippen LogP contribution in [0.15, 0.2) is 48.5 Å². The number of benzene rings is 2. The maximum Gasteiger partial charge on any atom is 0.227 e. The highest BCUT2D eigenvalue weighted by Crippen LogP contribution is 2.26. The lowest BCUT2D eigenvalue weighted by molar-refractivity contribution is -0.121. The van der Waals surface area contributed by atoms with Crippen molar-refractivity contribution in [2.24, 2.45) is 5.92 Å². The van der Waals surface area contributed by atoms with Gasteiger partial charge in [-0.2, -0.15) is 0 Å². The second-order valence-corrected chi connectivity index (χ2v) is 6.83. The van der Waals surface area contributed by atoms with Gasteiger partial charge in [-0.1, -0.05) is 12.1 Å². The molecule has 148 valence electrons. The molecular weight excluding hydrogens is 356 g/mol. The summed E-state index contributed by atoms with van der Waals surface area (Å²) >= 11 is 0. The van der Waals surface area contributed by atoms with Crippen molar-refractivity contribution in [2.75, 3.05) is 31.7 Å². The van der Waals surface area contributed by atoms with E-state index in [0.29, 0.717) is 32.5 Å². The highest BCUT2D eigenvalue weighted by atomic mass is 16.5. The van der Waals surface area contributed by atoms with Gasteiger partial charge in [0, 0.05) is 31.1 Å². The van der Waals surface area contributed by atoms with Crippen LogP contribution in [0.1, 0.15) is 18.9 Å². The van der Waals surface area contributed by atoms with E-state index in [4.69, 9.17) is 9.47 Å². The number of methoxy groups -OCH3 is 1. The van der Waals surface area contributed by atoms with Crippen molar-refractivity contribution in [1.29, 1.82) is 0 Å². The SMILES string of the molecule is CCOc1ccc(CC(=O)NCC2CC(=O)N(c3ccc(OC)cc3)C2)cc1. The number of hydrogen-bond donors (Lipinski definition) is 1. The number of anilines is 1. The largest absolute Gasteiger partial charge is 0.497 e. The van der Waals surface area contributed by atoms with Crippen LogP contribution in [0.25, 0.3) is 0 Å². The quantitative estimate of drug-likeness (QED) is 0.762. The zero-order chi connectivity index (χ0) is 19.9. The second-order valence-electron chi connectivity index (χ2n) is 6.83. The molecule has 1 aliphatic heterocycles. The molecule has 0 spiro atoms. The van der Waals surface area contributed by atoms with Crippen molar-refractivity contribution in [3.8, 4) is 11.5 Å². The van der Waals surface area contributed by atoms with Gasteiger partial charge in [-0.3, -0.25) is 9.59 Å². The molecule has 3 rings (SSSR count). The molecule has 6 nitrogen and oxygen atoms in total. The molecule has 0 radical (unpaired) electrons. The van der Waals surface area contributed by atoms with Gasteiger partial charge in [-0.25, -0.2) is 0 Å². The minimum absolute atomic E-state index is 0.0421. The summed E-state index contributed by atoms with van der Waals surface area (Å²) in [6.07, 6.45) is 0.755. The number of nitrogens with zero attached hydrogens (tertiary/aromatic N) is 1. The first-order valence-corrected chi connectivity index (χ1v) is 9.52. The van der Waals surface area contributed by atoms with Gasteiger partial charge in [0.25, 0.3) is 0 Å². The molecule has 0 aromatic heterocycles. The Balaban J connectivity index is 1.47. The number of carbonyl (C=O) groups is 2. The van der Waals surface area contributed by atoms with Crippen LogP contribution < -0.4 is 19.7 Å². The van der Waals surface area contributed by atoms with Gasteiger partial charge in [0.1, 0.15) is 11.5 Å². The number of ether oxygens (including phenoxy) is 2. The third-order valence-corrected chi connectivity index (χ3v) is 4.78. The number of carbonyl (C=O) groups excluding carboxylic acids is 2. The van der Waals surface area contributed by atoms with Crippen LogP contribution in [0, 0.1) is 5.92 Å². The van der Waals surface area contributed by atoms with Gasteiger partial charge < -0.3 is 19.7 Å². The predicted molar refractivity (Wildman–Crippen MR) is 108 cm³/mol. The summed E-state index contributed by atoms with van der Waals surface area (Å²) in [5.41, 5.74) is 1.79. The molecule has 0 saturated carbocycles. The Morgan fingerprint density at radius 3 is 2.43 bits per heavy atom. The Morgan fingerprint density at radius 2 is 1.79 bits per heavy atom. The number of amides is 2. The lowest BCUT2D eigenvalue weighted by Crippen LogP contribution is -2.32. The number of nitrogens with one attached hydrogen (secondary N) is 1. The van der Waals surface area contributed by atoms with Crippen molar-refractivity contribution in [2.45, 2.75) is 19.8 Å². The highest BCUT2D eigenvalue weighted by molar-refractivity contribution is 5.95. The van der Waals surface area contributed by atoms with E-state index in [9.17, 15) is 9.59 Å². The van der Waals surface area contributed by atoms with Crippen LogP contribution in [-0.4, -0.2) is 38.6 Å². The van der Waals surface area contributed by atoms with E-state index in [1.807, 2.05) is 55.5 Å². The van der Waals surface area contributed by atoms with Gasteiger partial charge in [-0.15, -0.1) is 0 Å². The third kappa shape index (κ3) is 5.03. The molecule has 1 saturated heterocycles. The Hall–Kier alpha value is -3.02. The van der Waals surface area contributed by atoms with Crippen LogP contribution >= 0.6 is 0 Å². The standard InChI is InChI=1S/C22H26N2O4/c1-3-28-20-8-4-16(5-9-20)12-21(25)23-14-17-13-22(26)24(15-17)18-6-10-19(27-2)11-7-18/h4-11,17H,3,12-15H2,1-2H3,(H,23,25). The molecule has 1 unspecified atom stereocenters. The molecular formula is C22H26N2O4. The molecule has 28 heavy (non-hydrogen) atoms. The molecule has 2 amide bonds. The fourth-order valence-electron chi connectivity index (χ4n) is 3.31. The zero-order valence-corrected chi connectivity index (χ0v) is 16.3. The molecule has 0 bridgehead atoms. The van der Waals surface area contributed by atoms with Crippen LogP contribution in [0.3, 0.4) is 0 Å². The Bertz CT molecular complexity index is 802. The molecule has 1 N–H and O–H groups in total. The van der Waals surface area contributed by atoms with Crippen molar-refractivity contribution < 1.29 is 19.1 Å². The van der Waals surface area contributed by atoms with Crippen LogP contribution in [-0.2, 0) is 16.0 Å². The van der Waals surface area contributed by atoms with E-state index in [-0.39, 0.29) is 17.7 Å². The highest BCUT2D eigenvalue weighted by Gasteiger charge is 2.30. The number of rotatable bonds is 8. The van der Waals surface area contributed by atoms with Crippen LogP contribution in [0.2, 0.25) is 0 Å². The van der Waals surface area contributed by atoms with Crippen LogP contribution in [0.5, 0.6) is 11.5 Å². The summed E-state index contributed by atoms with van der Waals surface area (Å²) < 4.78 is 10.6. The first-order valence-electron chi connectivity index (χ1n) is 9.52. The summed E-state index contributed by atoms with van der Waals surface area (Å²) in [5, 5.41) is 2.95. The van der Waals surface area contributed by atoms with Crippen molar-refractivity contribution in [3.63, 3.8) is 0 Å². The van der Waals surface area contributed by atoms with E-state index < -0.39 is 0 Å². The van der Waals surface area contributed by atoms with Gasteiger partial charge >= 0.3 is 0 Å². The first kappa shape index (κ1) is 19.7. The summed E-state index contributed by atoms with van der Waals surface area (Å²) in [6, 6.07) is 15.0.